The number of ether oxygens (including phenoxy) is 2. The number of carboxylic acid groups (broad SMARTS) is 1. The van der Waals surface area contributed by atoms with Gasteiger partial charge in [-0.15, -0.1) is 0 Å². The van der Waals surface area contributed by atoms with Crippen molar-refractivity contribution in [1.82, 2.24) is 0 Å². The molecule has 1 atom stereocenters. The molecule has 6 nitrogen and oxygen atoms in total. The molecule has 0 aliphatic heterocycles. The third-order valence-corrected chi connectivity index (χ3v) is 4.01. The Bertz CT molecular complexity index is 770. The number of carboxylic acids is 1. The Kier molecular flexibility index (Phi) is 6.60. The molecule has 1 unspecified atom stereocenters. The minimum absolute atomic E-state index is 0.149. The van der Waals surface area contributed by atoms with E-state index in [9.17, 15) is 9.59 Å². The highest BCUT2D eigenvalue weighted by atomic mass is 16.5. The highest BCUT2D eigenvalue weighted by Gasteiger charge is 2.12. The lowest BCUT2D eigenvalue weighted by Gasteiger charge is -2.10. The molecule has 0 radical (unpaired) electrons. The van der Waals surface area contributed by atoms with Gasteiger partial charge in [0.2, 0.25) is 5.91 Å². The highest BCUT2D eigenvalue weighted by Crippen LogP contribution is 2.27. The fourth-order valence-electron chi connectivity index (χ4n) is 2.55. The molecule has 0 fully saturated rings. The summed E-state index contributed by atoms with van der Waals surface area (Å²) in [6.45, 7) is 1.67. The fourth-order valence-corrected chi connectivity index (χ4v) is 2.55. The number of hydrogen-bond acceptors (Lipinski definition) is 4. The second-order valence-electron chi connectivity index (χ2n) is 6.05. The van der Waals surface area contributed by atoms with E-state index in [1.165, 1.54) is 0 Å². The topological polar surface area (TPSA) is 84.9 Å². The van der Waals surface area contributed by atoms with Crippen LogP contribution in [0.15, 0.2) is 42.5 Å². The molecule has 0 saturated carbocycles. The predicted octanol–water partition coefficient (Wildman–Crippen LogP) is 3.15. The van der Waals surface area contributed by atoms with E-state index in [1.807, 2.05) is 18.2 Å². The number of benzene rings is 2. The summed E-state index contributed by atoms with van der Waals surface area (Å²) in [6.07, 6.45) is 0.660. The summed E-state index contributed by atoms with van der Waals surface area (Å²) in [5, 5.41) is 11.8. The van der Waals surface area contributed by atoms with E-state index in [2.05, 4.69) is 5.32 Å². The SMILES string of the molecule is COc1ccc(CC(=O)Nc2ccc(CC(C)C(=O)O)cc2)cc1OC. The van der Waals surface area contributed by atoms with E-state index in [0.29, 0.717) is 23.6 Å². The molecule has 1 amide bonds. The summed E-state index contributed by atoms with van der Waals surface area (Å²) in [5.41, 5.74) is 2.40. The fraction of sp³-hybridized carbons (Fsp3) is 0.300. The maximum Gasteiger partial charge on any atom is 0.306 e. The van der Waals surface area contributed by atoms with Gasteiger partial charge in [-0.25, -0.2) is 0 Å². The molecule has 0 spiro atoms. The number of hydrogen-bond donors (Lipinski definition) is 2. The molecule has 0 aliphatic carbocycles. The molecule has 0 saturated heterocycles. The molecule has 0 heterocycles. The van der Waals surface area contributed by atoms with Crippen molar-refractivity contribution in [2.24, 2.45) is 5.92 Å². The largest absolute Gasteiger partial charge is 0.493 e. The smallest absolute Gasteiger partial charge is 0.306 e. The first kappa shape index (κ1) is 19.3. The lowest BCUT2D eigenvalue weighted by molar-refractivity contribution is -0.141. The summed E-state index contributed by atoms with van der Waals surface area (Å²) in [7, 11) is 3.11. The number of amides is 1. The maximum atomic E-state index is 12.2. The van der Waals surface area contributed by atoms with Crippen molar-refractivity contribution >= 4 is 17.6 Å². The maximum absolute atomic E-state index is 12.2. The summed E-state index contributed by atoms with van der Waals surface area (Å²) in [5.74, 6) is -0.223. The van der Waals surface area contributed by atoms with Crippen LogP contribution in [0.5, 0.6) is 11.5 Å². The Morgan fingerprint density at radius 3 is 2.19 bits per heavy atom. The van der Waals surface area contributed by atoms with Crippen LogP contribution in [0.2, 0.25) is 0 Å². The number of rotatable bonds is 8. The van der Waals surface area contributed by atoms with Crippen LogP contribution in [0, 0.1) is 5.92 Å². The first-order valence-electron chi connectivity index (χ1n) is 8.25. The Balaban J connectivity index is 1.96. The molecule has 2 aromatic carbocycles. The van der Waals surface area contributed by atoms with E-state index in [1.54, 1.807) is 45.4 Å². The zero-order valence-corrected chi connectivity index (χ0v) is 15.1. The van der Waals surface area contributed by atoms with Gasteiger partial charge in [0.15, 0.2) is 11.5 Å². The minimum Gasteiger partial charge on any atom is -0.493 e. The lowest BCUT2D eigenvalue weighted by atomic mass is 10.0. The van der Waals surface area contributed by atoms with Gasteiger partial charge < -0.3 is 19.9 Å². The van der Waals surface area contributed by atoms with E-state index in [4.69, 9.17) is 14.6 Å². The molecule has 2 N–H and O–H groups in total. The molecule has 26 heavy (non-hydrogen) atoms. The van der Waals surface area contributed by atoms with E-state index in [0.717, 1.165) is 11.1 Å². The second-order valence-corrected chi connectivity index (χ2v) is 6.05. The third kappa shape index (κ3) is 5.24. The van der Waals surface area contributed by atoms with Crippen molar-refractivity contribution in [1.29, 1.82) is 0 Å². The summed E-state index contributed by atoms with van der Waals surface area (Å²) in [4.78, 5) is 23.1. The van der Waals surface area contributed by atoms with Crippen LogP contribution in [-0.4, -0.2) is 31.2 Å². The van der Waals surface area contributed by atoms with Crippen LogP contribution >= 0.6 is 0 Å². The standard InChI is InChI=1S/C20H23NO5/c1-13(20(23)24)10-14-4-7-16(8-5-14)21-19(22)12-15-6-9-17(25-2)18(11-15)26-3/h4-9,11,13H,10,12H2,1-3H3,(H,21,22)(H,23,24). The summed E-state index contributed by atoms with van der Waals surface area (Å²) in [6, 6.07) is 12.6. The quantitative estimate of drug-likeness (QED) is 0.758. The van der Waals surface area contributed by atoms with E-state index in [-0.39, 0.29) is 12.3 Å². The Labute approximate surface area is 152 Å². The summed E-state index contributed by atoms with van der Waals surface area (Å²) >= 11 is 0. The first-order chi connectivity index (χ1) is 12.4. The van der Waals surface area contributed by atoms with Gasteiger partial charge in [0.05, 0.1) is 26.6 Å². The van der Waals surface area contributed by atoms with Crippen molar-refractivity contribution < 1.29 is 24.2 Å². The van der Waals surface area contributed by atoms with Crippen molar-refractivity contribution in [3.8, 4) is 11.5 Å². The van der Waals surface area contributed by atoms with Crippen LogP contribution in [0.4, 0.5) is 5.69 Å². The molecule has 2 rings (SSSR count). The molecular formula is C20H23NO5. The summed E-state index contributed by atoms with van der Waals surface area (Å²) < 4.78 is 10.4. The van der Waals surface area contributed by atoms with Crippen LogP contribution in [0.3, 0.4) is 0 Å². The van der Waals surface area contributed by atoms with Crippen molar-refractivity contribution in [3.05, 3.63) is 53.6 Å². The van der Waals surface area contributed by atoms with Gasteiger partial charge in [0.25, 0.3) is 0 Å². The second kappa shape index (κ2) is 8.89. The zero-order valence-electron chi connectivity index (χ0n) is 15.1. The van der Waals surface area contributed by atoms with E-state index >= 15 is 0 Å². The first-order valence-corrected chi connectivity index (χ1v) is 8.25. The van der Waals surface area contributed by atoms with E-state index < -0.39 is 11.9 Å². The van der Waals surface area contributed by atoms with Crippen LogP contribution in [0.25, 0.3) is 0 Å². The number of carbonyl (C=O) groups excluding carboxylic acids is 1. The zero-order chi connectivity index (χ0) is 19.1. The van der Waals surface area contributed by atoms with Crippen molar-refractivity contribution in [2.45, 2.75) is 19.8 Å². The van der Waals surface area contributed by atoms with Gasteiger partial charge in [-0.1, -0.05) is 25.1 Å². The van der Waals surface area contributed by atoms with Crippen molar-refractivity contribution in [3.63, 3.8) is 0 Å². The third-order valence-electron chi connectivity index (χ3n) is 4.01. The normalized spacial score (nSPS) is 11.5. The van der Waals surface area contributed by atoms with Gasteiger partial charge in [-0.3, -0.25) is 9.59 Å². The molecule has 6 heteroatoms. The molecule has 0 aromatic heterocycles. The Morgan fingerprint density at radius 1 is 1.00 bits per heavy atom. The monoisotopic (exact) mass is 357 g/mol. The number of carbonyl (C=O) groups is 2. The molecule has 2 aromatic rings. The minimum atomic E-state index is -0.822. The van der Waals surface area contributed by atoms with Crippen LogP contribution in [-0.2, 0) is 22.4 Å². The highest BCUT2D eigenvalue weighted by molar-refractivity contribution is 5.92. The van der Waals surface area contributed by atoms with Gasteiger partial charge in [0, 0.05) is 5.69 Å². The van der Waals surface area contributed by atoms with Gasteiger partial charge in [0.1, 0.15) is 0 Å². The van der Waals surface area contributed by atoms with Crippen LogP contribution < -0.4 is 14.8 Å². The molecule has 138 valence electrons. The Morgan fingerprint density at radius 2 is 1.62 bits per heavy atom. The number of methoxy groups -OCH3 is 2. The van der Waals surface area contributed by atoms with Crippen molar-refractivity contribution in [2.75, 3.05) is 19.5 Å². The average Bonchev–Trinajstić information content (AvgIpc) is 2.63. The number of nitrogens with one attached hydrogen (secondary N) is 1. The van der Waals surface area contributed by atoms with Crippen LogP contribution in [0.1, 0.15) is 18.1 Å². The van der Waals surface area contributed by atoms with Gasteiger partial charge in [-0.05, 0) is 41.8 Å². The van der Waals surface area contributed by atoms with Gasteiger partial charge in [-0.2, -0.15) is 0 Å². The predicted molar refractivity (Wildman–Crippen MR) is 98.8 cm³/mol. The van der Waals surface area contributed by atoms with Gasteiger partial charge >= 0.3 is 5.97 Å². The lowest BCUT2D eigenvalue weighted by Crippen LogP contribution is -2.15. The molecular weight excluding hydrogens is 334 g/mol. The number of aliphatic carboxylic acids is 1. The molecule has 0 aliphatic rings. The average molecular weight is 357 g/mol. The number of anilines is 1. The molecule has 0 bridgehead atoms. The Hall–Kier alpha value is -3.02.